The Morgan fingerprint density at radius 2 is 2.12 bits per heavy atom. The summed E-state index contributed by atoms with van der Waals surface area (Å²) < 4.78 is 31.4. The molecule has 0 spiro atoms. The van der Waals surface area contributed by atoms with E-state index in [0.29, 0.717) is 22.5 Å². The summed E-state index contributed by atoms with van der Waals surface area (Å²) in [6.07, 6.45) is 5.40. The molecule has 0 aromatic heterocycles. The first-order chi connectivity index (χ1) is 7.51. The van der Waals surface area contributed by atoms with Crippen LogP contribution in [0, 0.1) is 0 Å². The first kappa shape index (κ1) is 12.3. The van der Waals surface area contributed by atoms with Crippen LogP contribution in [0.4, 0.5) is 0 Å². The van der Waals surface area contributed by atoms with Crippen molar-refractivity contribution in [3.63, 3.8) is 0 Å². The summed E-state index contributed by atoms with van der Waals surface area (Å²) in [5.74, 6) is 0. The van der Waals surface area contributed by atoms with Crippen molar-refractivity contribution in [1.29, 1.82) is 0 Å². The molecule has 4 nitrogen and oxygen atoms in total. The van der Waals surface area contributed by atoms with E-state index in [1.54, 1.807) is 13.1 Å². The second-order valence-corrected chi connectivity index (χ2v) is 6.81. The number of hydrogen-bond donors (Lipinski definition) is 0. The molecule has 0 N–H and O–H groups in total. The SMILES string of the molecule is CN(CC1CO1)S(=O)(=O)C1=CCCC=C1Br. The molecule has 1 unspecified atom stereocenters. The van der Waals surface area contributed by atoms with Gasteiger partial charge in [-0.05, 0) is 28.8 Å². The van der Waals surface area contributed by atoms with Gasteiger partial charge in [-0.1, -0.05) is 12.2 Å². The van der Waals surface area contributed by atoms with Crippen molar-refractivity contribution in [1.82, 2.24) is 4.31 Å². The first-order valence-electron chi connectivity index (χ1n) is 5.16. The van der Waals surface area contributed by atoms with Gasteiger partial charge in [-0.15, -0.1) is 0 Å². The van der Waals surface area contributed by atoms with Crippen molar-refractivity contribution in [2.24, 2.45) is 0 Å². The van der Waals surface area contributed by atoms with Crippen LogP contribution in [-0.2, 0) is 14.8 Å². The van der Waals surface area contributed by atoms with Gasteiger partial charge in [0.2, 0.25) is 10.0 Å². The van der Waals surface area contributed by atoms with Crippen LogP contribution in [-0.4, -0.2) is 39.0 Å². The molecular weight excluding hydrogens is 294 g/mol. The monoisotopic (exact) mass is 307 g/mol. The number of epoxide rings is 1. The Balaban J connectivity index is 2.16. The smallest absolute Gasteiger partial charge is 0.243 e. The van der Waals surface area contributed by atoms with Crippen molar-refractivity contribution in [2.45, 2.75) is 18.9 Å². The number of rotatable bonds is 4. The Kier molecular flexibility index (Phi) is 3.53. The molecule has 90 valence electrons. The number of sulfonamides is 1. The highest BCUT2D eigenvalue weighted by atomic mass is 79.9. The van der Waals surface area contributed by atoms with E-state index in [-0.39, 0.29) is 6.10 Å². The van der Waals surface area contributed by atoms with Crippen LogP contribution in [0.2, 0.25) is 0 Å². The molecule has 1 fully saturated rings. The zero-order valence-corrected chi connectivity index (χ0v) is 11.4. The van der Waals surface area contributed by atoms with Gasteiger partial charge in [-0.2, -0.15) is 4.31 Å². The number of likely N-dealkylation sites (N-methyl/N-ethyl adjacent to an activating group) is 1. The topological polar surface area (TPSA) is 49.9 Å². The third kappa shape index (κ3) is 2.56. The van der Waals surface area contributed by atoms with Crippen LogP contribution in [0.5, 0.6) is 0 Å². The van der Waals surface area contributed by atoms with Crippen LogP contribution in [0.25, 0.3) is 0 Å². The Morgan fingerprint density at radius 3 is 2.69 bits per heavy atom. The fourth-order valence-electron chi connectivity index (χ4n) is 1.58. The average molecular weight is 308 g/mol. The lowest BCUT2D eigenvalue weighted by Crippen LogP contribution is -2.31. The molecule has 16 heavy (non-hydrogen) atoms. The molecule has 1 saturated heterocycles. The molecule has 0 aromatic rings. The normalized spacial score (nSPS) is 25.3. The summed E-state index contributed by atoms with van der Waals surface area (Å²) in [5, 5.41) is 0. The minimum atomic E-state index is -3.37. The maximum atomic E-state index is 12.2. The number of allylic oxidation sites excluding steroid dienone is 3. The second-order valence-electron chi connectivity index (χ2n) is 3.94. The van der Waals surface area contributed by atoms with Gasteiger partial charge in [0, 0.05) is 18.1 Å². The van der Waals surface area contributed by atoms with Crippen molar-refractivity contribution < 1.29 is 13.2 Å². The Labute approximate surface area is 104 Å². The highest BCUT2D eigenvalue weighted by Crippen LogP contribution is 2.30. The van der Waals surface area contributed by atoms with E-state index in [0.717, 1.165) is 12.8 Å². The van der Waals surface area contributed by atoms with Gasteiger partial charge in [-0.25, -0.2) is 8.42 Å². The van der Waals surface area contributed by atoms with E-state index in [1.807, 2.05) is 6.08 Å². The molecule has 2 rings (SSSR count). The zero-order chi connectivity index (χ0) is 11.8. The van der Waals surface area contributed by atoms with Gasteiger partial charge in [-0.3, -0.25) is 0 Å². The average Bonchev–Trinajstić information content (AvgIpc) is 3.02. The highest BCUT2D eigenvalue weighted by Gasteiger charge is 2.32. The van der Waals surface area contributed by atoms with E-state index < -0.39 is 10.0 Å². The first-order valence-corrected chi connectivity index (χ1v) is 7.39. The van der Waals surface area contributed by atoms with Crippen molar-refractivity contribution in [3.05, 3.63) is 21.5 Å². The summed E-state index contributed by atoms with van der Waals surface area (Å²) >= 11 is 3.30. The van der Waals surface area contributed by atoms with Gasteiger partial charge >= 0.3 is 0 Å². The van der Waals surface area contributed by atoms with Gasteiger partial charge < -0.3 is 4.74 Å². The summed E-state index contributed by atoms with van der Waals surface area (Å²) in [6, 6.07) is 0. The van der Waals surface area contributed by atoms with Crippen LogP contribution < -0.4 is 0 Å². The Hall–Kier alpha value is -0.170. The van der Waals surface area contributed by atoms with Crippen LogP contribution >= 0.6 is 15.9 Å². The lowest BCUT2D eigenvalue weighted by molar-refractivity contribution is 0.361. The molecule has 1 aliphatic carbocycles. The lowest BCUT2D eigenvalue weighted by atomic mass is 10.2. The Bertz CT molecular complexity index is 437. The van der Waals surface area contributed by atoms with Gasteiger partial charge in [0.15, 0.2) is 0 Å². The fraction of sp³-hybridized carbons (Fsp3) is 0.600. The van der Waals surface area contributed by atoms with E-state index in [9.17, 15) is 8.42 Å². The molecule has 1 aliphatic heterocycles. The second kappa shape index (κ2) is 4.60. The molecule has 0 saturated carbocycles. The molecule has 0 radical (unpaired) electrons. The fourth-order valence-corrected chi connectivity index (χ4v) is 3.94. The molecule has 0 bridgehead atoms. The standard InChI is InChI=1S/C10H14BrNO3S/c1-12(6-8-7-15-8)16(13,14)10-5-3-2-4-9(10)11/h4-5,8H,2-3,6-7H2,1H3. The summed E-state index contributed by atoms with van der Waals surface area (Å²) in [7, 11) is -1.78. The van der Waals surface area contributed by atoms with Crippen LogP contribution in [0.15, 0.2) is 21.5 Å². The maximum absolute atomic E-state index is 12.2. The Morgan fingerprint density at radius 1 is 1.50 bits per heavy atom. The third-order valence-corrected chi connectivity index (χ3v) is 5.53. The molecule has 1 heterocycles. The number of nitrogens with zero attached hydrogens (tertiary/aromatic N) is 1. The van der Waals surface area contributed by atoms with Crippen LogP contribution in [0.3, 0.4) is 0 Å². The predicted molar refractivity (Wildman–Crippen MR) is 65.6 cm³/mol. The van der Waals surface area contributed by atoms with E-state index >= 15 is 0 Å². The van der Waals surface area contributed by atoms with Crippen molar-refractivity contribution in [3.8, 4) is 0 Å². The number of hydrogen-bond acceptors (Lipinski definition) is 3. The van der Waals surface area contributed by atoms with Crippen LogP contribution in [0.1, 0.15) is 12.8 Å². The van der Waals surface area contributed by atoms with E-state index in [2.05, 4.69) is 15.9 Å². The minimum Gasteiger partial charge on any atom is -0.372 e. The molecule has 0 aromatic carbocycles. The third-order valence-electron chi connectivity index (χ3n) is 2.61. The molecule has 2 aliphatic rings. The summed E-state index contributed by atoms with van der Waals surface area (Å²) in [6.45, 7) is 1.09. The number of ether oxygens (including phenoxy) is 1. The quantitative estimate of drug-likeness (QED) is 0.741. The minimum absolute atomic E-state index is 0.0757. The van der Waals surface area contributed by atoms with E-state index in [4.69, 9.17) is 4.74 Å². The van der Waals surface area contributed by atoms with Crippen molar-refractivity contribution >= 4 is 26.0 Å². The highest BCUT2D eigenvalue weighted by molar-refractivity contribution is 9.12. The van der Waals surface area contributed by atoms with Gasteiger partial charge in [0.1, 0.15) is 0 Å². The predicted octanol–water partition coefficient (Wildman–Crippen LogP) is 1.60. The molecule has 0 amide bonds. The molecule has 6 heteroatoms. The zero-order valence-electron chi connectivity index (χ0n) is 9.02. The lowest BCUT2D eigenvalue weighted by Gasteiger charge is -2.19. The summed E-state index contributed by atoms with van der Waals surface area (Å²) in [5.41, 5.74) is 0. The maximum Gasteiger partial charge on any atom is 0.243 e. The molecule has 1 atom stereocenters. The van der Waals surface area contributed by atoms with Gasteiger partial charge in [0.25, 0.3) is 0 Å². The van der Waals surface area contributed by atoms with Gasteiger partial charge in [0.05, 0.1) is 17.6 Å². The largest absolute Gasteiger partial charge is 0.372 e. The summed E-state index contributed by atoms with van der Waals surface area (Å²) in [4.78, 5) is 0.377. The van der Waals surface area contributed by atoms with Crippen molar-refractivity contribution in [2.75, 3.05) is 20.2 Å². The van der Waals surface area contributed by atoms with E-state index in [1.165, 1.54) is 4.31 Å². The number of halogens is 1. The molecular formula is C10H14BrNO3S.